The van der Waals surface area contributed by atoms with E-state index in [1.807, 2.05) is 0 Å². The number of non-ortho nitro benzene ring substituents is 1. The Morgan fingerprint density at radius 1 is 1.31 bits per heavy atom. The maximum absolute atomic E-state index is 12.7. The molecule has 1 heterocycles. The largest absolute Gasteiger partial charge is 0.465 e. The fourth-order valence-electron chi connectivity index (χ4n) is 3.67. The summed E-state index contributed by atoms with van der Waals surface area (Å²) in [7, 11) is 1.32. The van der Waals surface area contributed by atoms with Crippen LogP contribution in [-0.4, -0.2) is 23.9 Å². The van der Waals surface area contributed by atoms with Gasteiger partial charge in [-0.1, -0.05) is 26.8 Å². The van der Waals surface area contributed by atoms with Crippen LogP contribution in [0, 0.1) is 21.4 Å². The molecule has 1 aliphatic rings. The summed E-state index contributed by atoms with van der Waals surface area (Å²) in [5, 5.41) is 14.2. The number of benzene rings is 1. The van der Waals surface area contributed by atoms with Crippen molar-refractivity contribution in [1.29, 1.82) is 0 Å². The number of fused-ring (bicyclic) bond motifs is 1. The van der Waals surface area contributed by atoms with Crippen LogP contribution in [0.4, 0.5) is 10.7 Å². The molecule has 1 aliphatic carbocycles. The minimum absolute atomic E-state index is 0.152. The van der Waals surface area contributed by atoms with Crippen molar-refractivity contribution in [3.05, 3.63) is 55.9 Å². The number of nitrogens with one attached hydrogen (secondary N) is 1. The molecule has 0 fully saturated rings. The van der Waals surface area contributed by atoms with Crippen molar-refractivity contribution in [1.82, 2.24) is 0 Å². The Hall–Kier alpha value is -2.74. The topological polar surface area (TPSA) is 98.5 Å². The summed E-state index contributed by atoms with van der Waals surface area (Å²) in [6.45, 7) is 6.63. The van der Waals surface area contributed by atoms with Crippen molar-refractivity contribution in [3.8, 4) is 0 Å². The van der Waals surface area contributed by atoms with E-state index in [0.717, 1.165) is 29.7 Å². The van der Waals surface area contributed by atoms with Crippen LogP contribution in [0.1, 0.15) is 58.3 Å². The lowest BCUT2D eigenvalue weighted by Gasteiger charge is -2.33. The summed E-state index contributed by atoms with van der Waals surface area (Å²) in [5.74, 6) is -0.490. The molecule has 1 atom stereocenters. The Bertz CT molecular complexity index is 974. The van der Waals surface area contributed by atoms with Gasteiger partial charge in [0.1, 0.15) is 5.00 Å². The number of ether oxygens (including phenoxy) is 1. The van der Waals surface area contributed by atoms with E-state index in [1.165, 1.54) is 42.7 Å². The molecule has 0 saturated carbocycles. The zero-order valence-electron chi connectivity index (χ0n) is 16.9. The van der Waals surface area contributed by atoms with Crippen LogP contribution in [0.3, 0.4) is 0 Å². The van der Waals surface area contributed by atoms with E-state index >= 15 is 0 Å². The van der Waals surface area contributed by atoms with Gasteiger partial charge in [-0.3, -0.25) is 14.9 Å². The van der Waals surface area contributed by atoms with E-state index in [9.17, 15) is 19.7 Å². The van der Waals surface area contributed by atoms with Crippen molar-refractivity contribution in [2.24, 2.45) is 11.3 Å². The molecule has 0 saturated heterocycles. The summed E-state index contributed by atoms with van der Waals surface area (Å²) in [6, 6.07) is 5.51. The summed E-state index contributed by atoms with van der Waals surface area (Å²) in [5.41, 5.74) is 1.49. The SMILES string of the molecule is COC(=O)c1c(NC(=O)c2cccc([N+](=O)[O-])c2)sc2c1CCC(C(C)(C)C)C2. The zero-order valence-corrected chi connectivity index (χ0v) is 17.7. The highest BCUT2D eigenvalue weighted by atomic mass is 32.1. The van der Waals surface area contributed by atoms with Gasteiger partial charge in [-0.2, -0.15) is 0 Å². The van der Waals surface area contributed by atoms with E-state index < -0.39 is 16.8 Å². The van der Waals surface area contributed by atoms with Crippen molar-refractivity contribution < 1.29 is 19.2 Å². The second-order valence-electron chi connectivity index (χ2n) is 8.27. The van der Waals surface area contributed by atoms with Gasteiger partial charge < -0.3 is 10.1 Å². The highest BCUT2D eigenvalue weighted by Gasteiger charge is 2.34. The van der Waals surface area contributed by atoms with Gasteiger partial charge in [0.2, 0.25) is 0 Å². The number of methoxy groups -OCH3 is 1. The quantitative estimate of drug-likeness (QED) is 0.436. The molecule has 0 aliphatic heterocycles. The Morgan fingerprint density at radius 3 is 2.66 bits per heavy atom. The minimum Gasteiger partial charge on any atom is -0.465 e. The lowest BCUT2D eigenvalue weighted by Crippen LogP contribution is -2.26. The monoisotopic (exact) mass is 416 g/mol. The number of esters is 1. The van der Waals surface area contributed by atoms with Crippen LogP contribution >= 0.6 is 11.3 Å². The number of anilines is 1. The van der Waals surface area contributed by atoms with Crippen LogP contribution in [0.2, 0.25) is 0 Å². The van der Waals surface area contributed by atoms with Crippen LogP contribution in [0.5, 0.6) is 0 Å². The first-order chi connectivity index (χ1) is 13.6. The lowest BCUT2D eigenvalue weighted by atomic mass is 9.72. The van der Waals surface area contributed by atoms with Crippen molar-refractivity contribution >= 4 is 33.9 Å². The summed E-state index contributed by atoms with van der Waals surface area (Å²) in [4.78, 5) is 36.7. The first kappa shape index (κ1) is 21.0. The maximum atomic E-state index is 12.7. The molecule has 0 bridgehead atoms. The molecule has 154 valence electrons. The molecule has 1 unspecified atom stereocenters. The summed E-state index contributed by atoms with van der Waals surface area (Å²) in [6.07, 6.45) is 2.57. The number of carbonyl (C=O) groups is 2. The van der Waals surface area contributed by atoms with Gasteiger partial charge in [0, 0.05) is 22.6 Å². The number of amides is 1. The van der Waals surface area contributed by atoms with Crippen molar-refractivity contribution in [2.75, 3.05) is 12.4 Å². The Balaban J connectivity index is 1.94. The molecule has 3 rings (SSSR count). The Kier molecular flexibility index (Phi) is 5.75. The van der Waals surface area contributed by atoms with E-state index in [1.54, 1.807) is 0 Å². The molecular formula is C21H24N2O5S. The molecule has 1 aromatic heterocycles. The number of hydrogen-bond acceptors (Lipinski definition) is 6. The van der Waals surface area contributed by atoms with Crippen LogP contribution in [0.25, 0.3) is 0 Å². The molecule has 1 N–H and O–H groups in total. The predicted molar refractivity (Wildman–Crippen MR) is 112 cm³/mol. The van der Waals surface area contributed by atoms with Crippen LogP contribution in [0.15, 0.2) is 24.3 Å². The Labute approximate surface area is 173 Å². The number of nitro groups is 1. The molecule has 1 amide bonds. The van der Waals surface area contributed by atoms with Gasteiger partial charge in [-0.15, -0.1) is 11.3 Å². The second kappa shape index (κ2) is 7.94. The predicted octanol–water partition coefficient (Wildman–Crippen LogP) is 4.85. The van der Waals surface area contributed by atoms with E-state index in [4.69, 9.17) is 4.74 Å². The number of carbonyl (C=O) groups excluding carboxylic acids is 2. The van der Waals surface area contributed by atoms with Gasteiger partial charge >= 0.3 is 5.97 Å². The van der Waals surface area contributed by atoms with Gasteiger partial charge in [0.25, 0.3) is 11.6 Å². The third-order valence-electron chi connectivity index (χ3n) is 5.43. The number of thiophene rings is 1. The third-order valence-corrected chi connectivity index (χ3v) is 6.60. The third kappa shape index (κ3) is 4.32. The minimum atomic E-state index is -0.548. The maximum Gasteiger partial charge on any atom is 0.341 e. The van der Waals surface area contributed by atoms with Crippen LogP contribution < -0.4 is 5.32 Å². The van der Waals surface area contributed by atoms with Gasteiger partial charge in [0.05, 0.1) is 17.6 Å². The Morgan fingerprint density at radius 2 is 2.03 bits per heavy atom. The van der Waals surface area contributed by atoms with E-state index in [2.05, 4.69) is 26.1 Å². The average Bonchev–Trinajstić information content (AvgIpc) is 3.03. The van der Waals surface area contributed by atoms with Crippen molar-refractivity contribution in [3.63, 3.8) is 0 Å². The number of rotatable bonds is 4. The second-order valence-corrected chi connectivity index (χ2v) is 9.37. The smallest absolute Gasteiger partial charge is 0.341 e. The molecule has 2 aromatic rings. The fraction of sp³-hybridized carbons (Fsp3) is 0.429. The van der Waals surface area contributed by atoms with E-state index in [-0.39, 0.29) is 16.7 Å². The highest BCUT2D eigenvalue weighted by Crippen LogP contribution is 2.44. The first-order valence-corrected chi connectivity index (χ1v) is 10.2. The molecular weight excluding hydrogens is 392 g/mol. The van der Waals surface area contributed by atoms with E-state index in [0.29, 0.717) is 16.5 Å². The van der Waals surface area contributed by atoms with Gasteiger partial charge in [0.15, 0.2) is 0 Å². The first-order valence-electron chi connectivity index (χ1n) is 9.40. The molecule has 8 heteroatoms. The molecule has 0 radical (unpaired) electrons. The highest BCUT2D eigenvalue weighted by molar-refractivity contribution is 7.17. The van der Waals surface area contributed by atoms with Crippen molar-refractivity contribution in [2.45, 2.75) is 40.0 Å². The average molecular weight is 416 g/mol. The fourth-order valence-corrected chi connectivity index (χ4v) is 4.98. The number of nitrogens with zero attached hydrogens (tertiary/aromatic N) is 1. The standard InChI is InChI=1S/C21H24N2O5S/c1-21(2,3)13-8-9-15-16(11-13)29-19(17(15)20(25)28-4)22-18(24)12-6-5-7-14(10-12)23(26)27/h5-7,10,13H,8-9,11H2,1-4H3,(H,22,24). The normalized spacial score (nSPS) is 16.1. The van der Waals surface area contributed by atoms with Gasteiger partial charge in [-0.25, -0.2) is 4.79 Å². The number of hydrogen-bond donors (Lipinski definition) is 1. The van der Waals surface area contributed by atoms with Crippen LogP contribution in [-0.2, 0) is 17.6 Å². The zero-order chi connectivity index (χ0) is 21.3. The van der Waals surface area contributed by atoms with Gasteiger partial charge in [-0.05, 0) is 42.2 Å². The number of nitro benzene ring substituents is 1. The lowest BCUT2D eigenvalue weighted by molar-refractivity contribution is -0.384. The summed E-state index contributed by atoms with van der Waals surface area (Å²) >= 11 is 1.39. The summed E-state index contributed by atoms with van der Waals surface area (Å²) < 4.78 is 4.96. The molecule has 0 spiro atoms. The molecule has 7 nitrogen and oxygen atoms in total. The molecule has 29 heavy (non-hydrogen) atoms. The molecule has 1 aromatic carbocycles.